The zero-order valence-corrected chi connectivity index (χ0v) is 11.8. The largest absolute Gasteiger partial charge is 0.385 e. The lowest BCUT2D eigenvalue weighted by atomic mass is 10.2. The predicted octanol–water partition coefficient (Wildman–Crippen LogP) is 1.91. The zero-order chi connectivity index (χ0) is 13.8. The molecule has 0 spiro atoms. The van der Waals surface area contributed by atoms with Gasteiger partial charge in [0.25, 0.3) is 0 Å². The number of nitrogens with one attached hydrogen (secondary N) is 1. The van der Waals surface area contributed by atoms with Crippen LogP contribution in [0.3, 0.4) is 0 Å². The van der Waals surface area contributed by atoms with Gasteiger partial charge < -0.3 is 15.8 Å². The number of hydrogen-bond acceptors (Lipinski definition) is 5. The Morgan fingerprint density at radius 2 is 2.37 bits per heavy atom. The summed E-state index contributed by atoms with van der Waals surface area (Å²) in [6.45, 7) is 2.49. The molecule has 1 amide bonds. The maximum absolute atomic E-state index is 11.8. The van der Waals surface area contributed by atoms with Gasteiger partial charge in [0, 0.05) is 13.7 Å². The summed E-state index contributed by atoms with van der Waals surface area (Å²) in [4.78, 5) is 16.2. The molecule has 6 heteroatoms. The van der Waals surface area contributed by atoms with Crippen LogP contribution in [0.2, 0.25) is 0 Å². The summed E-state index contributed by atoms with van der Waals surface area (Å²) in [5.41, 5.74) is 7.81. The highest BCUT2D eigenvalue weighted by Gasteiger charge is 2.15. The van der Waals surface area contributed by atoms with E-state index in [0.29, 0.717) is 18.2 Å². The Morgan fingerprint density at radius 1 is 1.58 bits per heavy atom. The number of nitrogens with zero attached hydrogens (tertiary/aromatic N) is 1. The molecule has 0 saturated heterocycles. The van der Waals surface area contributed by atoms with Gasteiger partial charge >= 0.3 is 0 Å². The van der Waals surface area contributed by atoms with Crippen LogP contribution in [0.25, 0.3) is 10.2 Å². The number of fused-ring (bicyclic) bond motifs is 1. The van der Waals surface area contributed by atoms with Crippen molar-refractivity contribution in [3.63, 3.8) is 0 Å². The fourth-order valence-corrected chi connectivity index (χ4v) is 2.63. The number of amides is 1. The monoisotopic (exact) mass is 279 g/mol. The third-order valence-corrected chi connectivity index (χ3v) is 3.68. The van der Waals surface area contributed by atoms with Crippen molar-refractivity contribution in [3.05, 3.63) is 23.8 Å². The lowest BCUT2D eigenvalue weighted by Gasteiger charge is -2.09. The van der Waals surface area contributed by atoms with E-state index in [9.17, 15) is 4.79 Å². The first-order valence-corrected chi connectivity index (χ1v) is 6.84. The number of thiazole rings is 1. The summed E-state index contributed by atoms with van der Waals surface area (Å²) in [5.74, 6) is -0.229. The molecular weight excluding hydrogens is 262 g/mol. The van der Waals surface area contributed by atoms with Gasteiger partial charge in [-0.05, 0) is 31.0 Å². The molecule has 0 fully saturated rings. The van der Waals surface area contributed by atoms with Crippen molar-refractivity contribution in [2.24, 2.45) is 5.73 Å². The molecule has 0 aliphatic heterocycles. The van der Waals surface area contributed by atoms with Crippen LogP contribution in [0.4, 0.5) is 5.13 Å². The molecule has 3 N–H and O–H groups in total. The standard InChI is InChI=1S/C13H17N3O2S/c1-8-3-4-10-11(7-8)19-13(15-10)16-12(17)9(14)5-6-18-2/h3-4,7,9H,5-6,14H2,1-2H3,(H,15,16,17). The van der Waals surface area contributed by atoms with E-state index >= 15 is 0 Å². The molecule has 19 heavy (non-hydrogen) atoms. The minimum absolute atomic E-state index is 0.229. The second-order valence-electron chi connectivity index (χ2n) is 4.37. The van der Waals surface area contributed by atoms with Crippen molar-refractivity contribution in [2.75, 3.05) is 19.0 Å². The van der Waals surface area contributed by atoms with Crippen molar-refractivity contribution < 1.29 is 9.53 Å². The second kappa shape index (κ2) is 6.10. The van der Waals surface area contributed by atoms with Crippen LogP contribution >= 0.6 is 11.3 Å². The highest BCUT2D eigenvalue weighted by atomic mass is 32.1. The van der Waals surface area contributed by atoms with Crippen molar-refractivity contribution >= 4 is 32.6 Å². The SMILES string of the molecule is COCCC(N)C(=O)Nc1nc2ccc(C)cc2s1. The molecule has 1 aromatic heterocycles. The van der Waals surface area contributed by atoms with E-state index in [4.69, 9.17) is 10.5 Å². The molecule has 0 radical (unpaired) electrons. The lowest BCUT2D eigenvalue weighted by Crippen LogP contribution is -2.36. The minimum Gasteiger partial charge on any atom is -0.385 e. The quantitative estimate of drug-likeness (QED) is 0.876. The smallest absolute Gasteiger partial charge is 0.243 e. The molecule has 2 aromatic rings. The van der Waals surface area contributed by atoms with E-state index in [1.165, 1.54) is 16.9 Å². The molecule has 0 aliphatic rings. The Kier molecular flexibility index (Phi) is 4.47. The average Bonchev–Trinajstić information content (AvgIpc) is 2.77. The number of anilines is 1. The second-order valence-corrected chi connectivity index (χ2v) is 5.40. The van der Waals surface area contributed by atoms with E-state index < -0.39 is 6.04 Å². The van der Waals surface area contributed by atoms with Gasteiger partial charge in [0.1, 0.15) is 0 Å². The van der Waals surface area contributed by atoms with Crippen LogP contribution < -0.4 is 11.1 Å². The van der Waals surface area contributed by atoms with Crippen molar-refractivity contribution in [1.29, 1.82) is 0 Å². The summed E-state index contributed by atoms with van der Waals surface area (Å²) in [7, 11) is 1.58. The third-order valence-electron chi connectivity index (χ3n) is 2.74. The summed E-state index contributed by atoms with van der Waals surface area (Å²) in [6, 6.07) is 5.42. The van der Waals surface area contributed by atoms with Gasteiger partial charge in [0.2, 0.25) is 5.91 Å². The van der Waals surface area contributed by atoms with Gasteiger partial charge in [-0.25, -0.2) is 4.98 Å². The first-order valence-electron chi connectivity index (χ1n) is 6.02. The molecule has 5 nitrogen and oxygen atoms in total. The van der Waals surface area contributed by atoms with Crippen LogP contribution in [-0.4, -0.2) is 30.6 Å². The van der Waals surface area contributed by atoms with Gasteiger partial charge in [-0.15, -0.1) is 0 Å². The number of rotatable bonds is 5. The molecule has 2 rings (SSSR count). The first-order chi connectivity index (χ1) is 9.10. The van der Waals surface area contributed by atoms with Gasteiger partial charge in [-0.1, -0.05) is 17.4 Å². The Labute approximate surface area is 115 Å². The average molecular weight is 279 g/mol. The maximum Gasteiger partial charge on any atom is 0.243 e. The van der Waals surface area contributed by atoms with E-state index in [1.54, 1.807) is 7.11 Å². The molecule has 0 aliphatic carbocycles. The van der Waals surface area contributed by atoms with Crippen molar-refractivity contribution in [1.82, 2.24) is 4.98 Å². The number of carbonyl (C=O) groups is 1. The first kappa shape index (κ1) is 13.9. The van der Waals surface area contributed by atoms with Crippen LogP contribution in [0, 0.1) is 6.92 Å². The topological polar surface area (TPSA) is 77.2 Å². The van der Waals surface area contributed by atoms with E-state index in [0.717, 1.165) is 10.2 Å². The molecule has 1 heterocycles. The number of methoxy groups -OCH3 is 1. The zero-order valence-electron chi connectivity index (χ0n) is 11.0. The van der Waals surface area contributed by atoms with E-state index in [2.05, 4.69) is 10.3 Å². The number of aromatic nitrogens is 1. The Hall–Kier alpha value is -1.50. The molecule has 1 unspecified atom stereocenters. The van der Waals surface area contributed by atoms with Gasteiger partial charge in [-0.3, -0.25) is 4.79 Å². The normalized spacial score (nSPS) is 12.6. The summed E-state index contributed by atoms with van der Waals surface area (Å²) in [5, 5.41) is 3.33. The Balaban J connectivity index is 2.06. The predicted molar refractivity (Wildman–Crippen MR) is 77.5 cm³/mol. The van der Waals surface area contributed by atoms with Crippen molar-refractivity contribution in [2.45, 2.75) is 19.4 Å². The molecule has 0 saturated carbocycles. The molecule has 1 aromatic carbocycles. The number of carbonyl (C=O) groups excluding carboxylic acids is 1. The van der Waals surface area contributed by atoms with Crippen LogP contribution in [-0.2, 0) is 9.53 Å². The molecule has 1 atom stereocenters. The number of ether oxygens (including phenoxy) is 1. The summed E-state index contributed by atoms with van der Waals surface area (Å²) >= 11 is 1.45. The number of aryl methyl sites for hydroxylation is 1. The van der Waals surface area contributed by atoms with Crippen molar-refractivity contribution in [3.8, 4) is 0 Å². The fraction of sp³-hybridized carbons (Fsp3) is 0.385. The van der Waals surface area contributed by atoms with Gasteiger partial charge in [0.15, 0.2) is 5.13 Å². The number of benzene rings is 1. The maximum atomic E-state index is 11.8. The van der Waals surface area contributed by atoms with E-state index in [-0.39, 0.29) is 5.91 Å². The molecule has 102 valence electrons. The highest BCUT2D eigenvalue weighted by molar-refractivity contribution is 7.22. The number of nitrogens with two attached hydrogens (primary N) is 1. The Bertz CT molecular complexity index is 582. The lowest BCUT2D eigenvalue weighted by molar-refractivity contribution is -0.117. The van der Waals surface area contributed by atoms with Crippen LogP contribution in [0.15, 0.2) is 18.2 Å². The summed E-state index contributed by atoms with van der Waals surface area (Å²) in [6.07, 6.45) is 0.492. The Morgan fingerprint density at radius 3 is 3.11 bits per heavy atom. The molecular formula is C13H17N3O2S. The van der Waals surface area contributed by atoms with Gasteiger partial charge in [0.05, 0.1) is 16.3 Å². The third kappa shape index (κ3) is 3.50. The highest BCUT2D eigenvalue weighted by Crippen LogP contribution is 2.26. The summed E-state index contributed by atoms with van der Waals surface area (Å²) < 4.78 is 5.96. The van der Waals surface area contributed by atoms with Gasteiger partial charge in [-0.2, -0.15) is 0 Å². The van der Waals surface area contributed by atoms with Crippen LogP contribution in [0.1, 0.15) is 12.0 Å². The fourth-order valence-electron chi connectivity index (χ4n) is 1.66. The van der Waals surface area contributed by atoms with E-state index in [1.807, 2.05) is 25.1 Å². The minimum atomic E-state index is -0.575. The number of hydrogen-bond donors (Lipinski definition) is 2. The molecule has 0 bridgehead atoms. The van der Waals surface area contributed by atoms with Crippen LogP contribution in [0.5, 0.6) is 0 Å².